The third kappa shape index (κ3) is 2.88. The van der Waals surface area contributed by atoms with Crippen LogP contribution in [0.5, 0.6) is 0 Å². The Hall–Kier alpha value is -2.14. The molecule has 0 aliphatic heterocycles. The van der Waals surface area contributed by atoms with Crippen LogP contribution in [-0.4, -0.2) is 17.0 Å². The highest BCUT2D eigenvalue weighted by atomic mass is 35.5. The molecule has 104 valence electrons. The Bertz CT molecular complexity index is 619. The average Bonchev–Trinajstić information content (AvgIpc) is 2.46. The highest BCUT2D eigenvalue weighted by Crippen LogP contribution is 2.33. The minimum Gasteiger partial charge on any atom is -0.365 e. The molecule has 0 aliphatic rings. The molecule has 2 rings (SSSR count). The van der Waals surface area contributed by atoms with Crippen LogP contribution in [0.4, 0.5) is 11.4 Å². The lowest BCUT2D eigenvalue weighted by molar-refractivity contribution is -0.384. The van der Waals surface area contributed by atoms with Crippen molar-refractivity contribution in [3.05, 3.63) is 63.4 Å². The molecule has 0 fully saturated rings. The molecule has 0 spiro atoms. The first-order chi connectivity index (χ1) is 9.50. The number of anilines is 1. The predicted octanol–water partition coefficient (Wildman–Crippen LogP) is 3.84. The number of nitro benzene ring substituents is 1. The summed E-state index contributed by atoms with van der Waals surface area (Å²) in [6, 6.07) is 10.2. The van der Waals surface area contributed by atoms with Gasteiger partial charge < -0.3 is 4.90 Å². The lowest BCUT2D eigenvalue weighted by atomic mass is 10.1. The molecular formula is C14H14ClN3O2. The Morgan fingerprint density at radius 1 is 1.35 bits per heavy atom. The molecule has 0 N–H and O–H groups in total. The molecule has 0 aliphatic carbocycles. The second kappa shape index (κ2) is 5.88. The van der Waals surface area contributed by atoms with E-state index >= 15 is 0 Å². The SMILES string of the molecule is CC(c1ccccn1)N(C)c1ccc([N+](=O)[O-])cc1Cl. The lowest BCUT2D eigenvalue weighted by Gasteiger charge is -2.27. The number of hydrogen-bond acceptors (Lipinski definition) is 4. The molecule has 1 unspecified atom stereocenters. The van der Waals surface area contributed by atoms with Crippen molar-refractivity contribution < 1.29 is 4.92 Å². The Morgan fingerprint density at radius 3 is 2.65 bits per heavy atom. The van der Waals surface area contributed by atoms with Crippen molar-refractivity contribution in [2.45, 2.75) is 13.0 Å². The van der Waals surface area contributed by atoms with Gasteiger partial charge in [0.05, 0.1) is 27.4 Å². The Labute approximate surface area is 122 Å². The number of rotatable bonds is 4. The molecule has 1 aromatic heterocycles. The molecule has 5 nitrogen and oxygen atoms in total. The summed E-state index contributed by atoms with van der Waals surface area (Å²) in [6.07, 6.45) is 1.73. The summed E-state index contributed by atoms with van der Waals surface area (Å²) in [6.45, 7) is 2.00. The van der Waals surface area contributed by atoms with E-state index in [4.69, 9.17) is 11.6 Å². The summed E-state index contributed by atoms with van der Waals surface area (Å²) < 4.78 is 0. The largest absolute Gasteiger partial charge is 0.365 e. The van der Waals surface area contributed by atoms with Crippen LogP contribution < -0.4 is 4.90 Å². The topological polar surface area (TPSA) is 59.3 Å². The van der Waals surface area contributed by atoms with Crippen molar-refractivity contribution in [3.63, 3.8) is 0 Å². The lowest BCUT2D eigenvalue weighted by Crippen LogP contribution is -2.22. The number of benzene rings is 1. The Morgan fingerprint density at radius 2 is 2.10 bits per heavy atom. The van der Waals surface area contributed by atoms with E-state index < -0.39 is 4.92 Å². The minimum atomic E-state index is -0.460. The van der Waals surface area contributed by atoms with Gasteiger partial charge in [-0.3, -0.25) is 15.1 Å². The molecule has 0 saturated heterocycles. The quantitative estimate of drug-likeness (QED) is 0.634. The van der Waals surface area contributed by atoms with Crippen molar-refractivity contribution in [3.8, 4) is 0 Å². The fourth-order valence-electron chi connectivity index (χ4n) is 1.93. The van der Waals surface area contributed by atoms with E-state index in [1.54, 1.807) is 12.3 Å². The van der Waals surface area contributed by atoms with Crippen LogP contribution in [0.1, 0.15) is 18.7 Å². The third-order valence-corrected chi connectivity index (χ3v) is 3.52. The number of nitro groups is 1. The van der Waals surface area contributed by atoms with E-state index in [0.29, 0.717) is 5.02 Å². The number of non-ortho nitro benzene ring substituents is 1. The van der Waals surface area contributed by atoms with Gasteiger partial charge in [0.2, 0.25) is 0 Å². The van der Waals surface area contributed by atoms with Crippen molar-refractivity contribution in [2.75, 3.05) is 11.9 Å². The second-order valence-corrected chi connectivity index (χ2v) is 4.84. The van der Waals surface area contributed by atoms with Crippen LogP contribution in [0.2, 0.25) is 5.02 Å². The maximum Gasteiger partial charge on any atom is 0.271 e. The molecule has 1 aromatic carbocycles. The third-order valence-electron chi connectivity index (χ3n) is 3.22. The van der Waals surface area contributed by atoms with Crippen LogP contribution in [0.15, 0.2) is 42.6 Å². The fraction of sp³-hybridized carbons (Fsp3) is 0.214. The summed E-state index contributed by atoms with van der Waals surface area (Å²) in [7, 11) is 1.88. The maximum absolute atomic E-state index is 10.7. The van der Waals surface area contributed by atoms with Crippen LogP contribution in [-0.2, 0) is 0 Å². The minimum absolute atomic E-state index is 0.00940. The van der Waals surface area contributed by atoms with Crippen LogP contribution in [0.25, 0.3) is 0 Å². The zero-order chi connectivity index (χ0) is 14.7. The predicted molar refractivity (Wildman–Crippen MR) is 79.2 cm³/mol. The van der Waals surface area contributed by atoms with Gasteiger partial charge in [-0.25, -0.2) is 0 Å². The van der Waals surface area contributed by atoms with E-state index in [0.717, 1.165) is 11.4 Å². The first-order valence-corrected chi connectivity index (χ1v) is 6.46. The number of pyridine rings is 1. The molecule has 1 atom stereocenters. The van der Waals surface area contributed by atoms with Gasteiger partial charge in [-0.15, -0.1) is 0 Å². The van der Waals surface area contributed by atoms with E-state index in [1.807, 2.05) is 37.1 Å². The molecular weight excluding hydrogens is 278 g/mol. The van der Waals surface area contributed by atoms with Crippen LogP contribution in [0.3, 0.4) is 0 Å². The second-order valence-electron chi connectivity index (χ2n) is 4.43. The first kappa shape index (κ1) is 14.3. The van der Waals surface area contributed by atoms with Crippen LogP contribution >= 0.6 is 11.6 Å². The number of aromatic nitrogens is 1. The van der Waals surface area contributed by atoms with Crippen molar-refractivity contribution in [2.24, 2.45) is 0 Å². The van der Waals surface area contributed by atoms with E-state index in [1.165, 1.54) is 12.1 Å². The maximum atomic E-state index is 10.7. The summed E-state index contributed by atoms with van der Waals surface area (Å²) in [5, 5.41) is 11.1. The van der Waals surface area contributed by atoms with Gasteiger partial charge >= 0.3 is 0 Å². The van der Waals surface area contributed by atoms with Gasteiger partial charge in [0, 0.05) is 25.4 Å². The highest BCUT2D eigenvalue weighted by Gasteiger charge is 2.17. The molecule has 2 aromatic rings. The summed E-state index contributed by atoms with van der Waals surface area (Å²) >= 11 is 6.13. The number of hydrogen-bond donors (Lipinski definition) is 0. The standard InChI is InChI=1S/C14H14ClN3O2/c1-10(13-5-3-4-8-16-13)17(2)14-7-6-11(18(19)20)9-12(14)15/h3-10H,1-2H3. The van der Waals surface area contributed by atoms with Gasteiger partial charge in [-0.2, -0.15) is 0 Å². The zero-order valence-corrected chi connectivity index (χ0v) is 11.9. The molecule has 0 radical (unpaired) electrons. The molecule has 0 amide bonds. The van der Waals surface area contributed by atoms with Crippen molar-refractivity contribution in [1.82, 2.24) is 4.98 Å². The van der Waals surface area contributed by atoms with E-state index in [-0.39, 0.29) is 11.7 Å². The first-order valence-electron chi connectivity index (χ1n) is 6.08. The van der Waals surface area contributed by atoms with Gasteiger partial charge in [0.15, 0.2) is 0 Å². The number of nitrogens with zero attached hydrogens (tertiary/aromatic N) is 3. The van der Waals surface area contributed by atoms with Gasteiger partial charge in [-0.1, -0.05) is 17.7 Å². The molecule has 0 bridgehead atoms. The average molecular weight is 292 g/mol. The highest BCUT2D eigenvalue weighted by molar-refractivity contribution is 6.33. The molecule has 1 heterocycles. The summed E-state index contributed by atoms with van der Waals surface area (Å²) in [4.78, 5) is 16.5. The Balaban J connectivity index is 2.29. The van der Waals surface area contributed by atoms with Gasteiger partial charge in [0.1, 0.15) is 0 Å². The molecule has 0 saturated carbocycles. The van der Waals surface area contributed by atoms with Crippen molar-refractivity contribution in [1.29, 1.82) is 0 Å². The van der Waals surface area contributed by atoms with Gasteiger partial charge in [-0.05, 0) is 25.1 Å². The van der Waals surface area contributed by atoms with E-state index in [2.05, 4.69) is 4.98 Å². The normalized spacial score (nSPS) is 11.9. The Kier molecular flexibility index (Phi) is 4.20. The van der Waals surface area contributed by atoms with Crippen molar-refractivity contribution >= 4 is 23.0 Å². The molecule has 6 heteroatoms. The fourth-order valence-corrected chi connectivity index (χ4v) is 2.23. The van der Waals surface area contributed by atoms with Gasteiger partial charge in [0.25, 0.3) is 5.69 Å². The summed E-state index contributed by atoms with van der Waals surface area (Å²) in [5.41, 5.74) is 1.62. The smallest absolute Gasteiger partial charge is 0.271 e. The zero-order valence-electron chi connectivity index (χ0n) is 11.2. The monoisotopic (exact) mass is 291 g/mol. The van der Waals surface area contributed by atoms with Crippen LogP contribution in [0, 0.1) is 10.1 Å². The number of halogens is 1. The van der Waals surface area contributed by atoms with E-state index in [9.17, 15) is 10.1 Å². The molecule has 20 heavy (non-hydrogen) atoms. The summed E-state index contributed by atoms with van der Waals surface area (Å²) in [5.74, 6) is 0.